The van der Waals surface area contributed by atoms with Gasteiger partial charge < -0.3 is 10.7 Å². The molecule has 19 heavy (non-hydrogen) atoms. The zero-order chi connectivity index (χ0) is 13.7. The van der Waals surface area contributed by atoms with E-state index in [4.69, 9.17) is 5.84 Å². The van der Waals surface area contributed by atoms with Gasteiger partial charge in [0.05, 0.1) is 6.54 Å². The number of aryl methyl sites for hydroxylation is 1. The molecule has 0 atom stereocenters. The minimum Gasteiger partial charge on any atom is -0.347 e. The van der Waals surface area contributed by atoms with E-state index in [1.165, 1.54) is 10.4 Å². The van der Waals surface area contributed by atoms with Gasteiger partial charge in [0.15, 0.2) is 0 Å². The number of hydrazine groups is 1. The van der Waals surface area contributed by atoms with Crippen LogP contribution in [0.25, 0.3) is 0 Å². The number of hydrogen-bond donors (Lipinski definition) is 3. The van der Waals surface area contributed by atoms with E-state index < -0.39 is 0 Å². The highest BCUT2D eigenvalue weighted by atomic mass is 32.1. The Morgan fingerprint density at radius 2 is 2.00 bits per heavy atom. The predicted octanol–water partition coefficient (Wildman–Crippen LogP) is 2.53. The molecule has 0 aliphatic heterocycles. The van der Waals surface area contributed by atoms with Gasteiger partial charge in [-0.25, -0.2) is 0 Å². The Morgan fingerprint density at radius 3 is 2.63 bits per heavy atom. The lowest BCUT2D eigenvalue weighted by Crippen LogP contribution is -2.22. The van der Waals surface area contributed by atoms with Gasteiger partial charge in [-0.2, -0.15) is 0 Å². The van der Waals surface area contributed by atoms with Crippen molar-refractivity contribution in [2.45, 2.75) is 19.9 Å². The molecule has 1 heterocycles. The van der Waals surface area contributed by atoms with Crippen LogP contribution >= 0.6 is 11.3 Å². The van der Waals surface area contributed by atoms with Crippen LogP contribution in [0.1, 0.15) is 27.7 Å². The number of carbonyl (C=O) groups is 1. The molecular formula is C14H17N3OS. The van der Waals surface area contributed by atoms with Crippen LogP contribution in [-0.2, 0) is 13.0 Å². The third-order valence-electron chi connectivity index (χ3n) is 2.94. The van der Waals surface area contributed by atoms with Crippen LogP contribution in [0.5, 0.6) is 0 Å². The Kier molecular flexibility index (Phi) is 4.54. The van der Waals surface area contributed by atoms with Crippen molar-refractivity contribution in [3.63, 3.8) is 0 Å². The molecule has 1 aromatic carbocycles. The van der Waals surface area contributed by atoms with E-state index in [2.05, 4.69) is 29.1 Å². The largest absolute Gasteiger partial charge is 0.347 e. The Hall–Kier alpha value is -1.85. The fourth-order valence-electron chi connectivity index (χ4n) is 1.82. The van der Waals surface area contributed by atoms with Gasteiger partial charge in [0.25, 0.3) is 5.91 Å². The van der Waals surface area contributed by atoms with Crippen molar-refractivity contribution in [3.8, 4) is 0 Å². The maximum absolute atomic E-state index is 12.0. The van der Waals surface area contributed by atoms with Crippen molar-refractivity contribution in [2.75, 3.05) is 5.43 Å². The molecule has 1 amide bonds. The number of hydrogen-bond acceptors (Lipinski definition) is 4. The summed E-state index contributed by atoms with van der Waals surface area (Å²) in [6.45, 7) is 2.70. The highest BCUT2D eigenvalue weighted by Gasteiger charge is 2.07. The standard InChI is InChI=1S/C14H17N3OS/c1-2-10-7-8-19-13(10)9-16-14(18)11-3-5-12(17-15)6-4-11/h3-8,17H,2,9,15H2,1H3,(H,16,18). The molecule has 2 rings (SSSR count). The summed E-state index contributed by atoms with van der Waals surface area (Å²) in [4.78, 5) is 13.2. The first-order chi connectivity index (χ1) is 9.24. The summed E-state index contributed by atoms with van der Waals surface area (Å²) in [5.41, 5.74) is 5.25. The fraction of sp³-hybridized carbons (Fsp3) is 0.214. The Balaban J connectivity index is 1.97. The zero-order valence-corrected chi connectivity index (χ0v) is 11.6. The van der Waals surface area contributed by atoms with Crippen LogP contribution in [0.2, 0.25) is 0 Å². The average molecular weight is 275 g/mol. The number of rotatable bonds is 5. The molecule has 0 radical (unpaired) electrons. The molecule has 100 valence electrons. The van der Waals surface area contributed by atoms with Gasteiger partial charge in [-0.3, -0.25) is 10.6 Å². The smallest absolute Gasteiger partial charge is 0.251 e. The maximum Gasteiger partial charge on any atom is 0.251 e. The number of nitrogens with one attached hydrogen (secondary N) is 2. The Bertz CT molecular complexity index is 548. The van der Waals surface area contributed by atoms with Crippen LogP contribution in [0.15, 0.2) is 35.7 Å². The molecular weight excluding hydrogens is 258 g/mol. The molecule has 0 aliphatic rings. The second-order valence-electron chi connectivity index (χ2n) is 4.13. The van der Waals surface area contributed by atoms with Gasteiger partial charge in [0.2, 0.25) is 0 Å². The summed E-state index contributed by atoms with van der Waals surface area (Å²) >= 11 is 1.68. The van der Waals surface area contributed by atoms with Gasteiger partial charge in [-0.1, -0.05) is 6.92 Å². The van der Waals surface area contributed by atoms with Crippen molar-refractivity contribution in [1.82, 2.24) is 5.32 Å². The molecule has 0 aliphatic carbocycles. The summed E-state index contributed by atoms with van der Waals surface area (Å²) < 4.78 is 0. The average Bonchev–Trinajstić information content (AvgIpc) is 2.92. The molecule has 0 spiro atoms. The van der Waals surface area contributed by atoms with Gasteiger partial charge >= 0.3 is 0 Å². The first-order valence-electron chi connectivity index (χ1n) is 6.14. The second kappa shape index (κ2) is 6.36. The highest BCUT2D eigenvalue weighted by Crippen LogP contribution is 2.17. The minimum absolute atomic E-state index is 0.0703. The lowest BCUT2D eigenvalue weighted by Gasteiger charge is -2.06. The highest BCUT2D eigenvalue weighted by molar-refractivity contribution is 7.10. The minimum atomic E-state index is -0.0703. The SMILES string of the molecule is CCc1ccsc1CNC(=O)c1ccc(NN)cc1. The Labute approximate surface area is 116 Å². The first kappa shape index (κ1) is 13.6. The lowest BCUT2D eigenvalue weighted by atomic mass is 10.2. The summed E-state index contributed by atoms with van der Waals surface area (Å²) in [5.74, 6) is 5.21. The number of thiophene rings is 1. The summed E-state index contributed by atoms with van der Waals surface area (Å²) in [7, 11) is 0. The van der Waals surface area contributed by atoms with Gasteiger partial charge in [0, 0.05) is 16.1 Å². The summed E-state index contributed by atoms with van der Waals surface area (Å²) in [5, 5.41) is 4.99. The third kappa shape index (κ3) is 3.33. The van der Waals surface area contributed by atoms with Crippen molar-refractivity contribution < 1.29 is 4.79 Å². The first-order valence-corrected chi connectivity index (χ1v) is 7.02. The van der Waals surface area contributed by atoms with E-state index in [0.717, 1.165) is 12.1 Å². The van der Waals surface area contributed by atoms with Crippen molar-refractivity contribution in [1.29, 1.82) is 0 Å². The molecule has 5 heteroatoms. The van der Waals surface area contributed by atoms with E-state index in [1.54, 1.807) is 35.6 Å². The monoisotopic (exact) mass is 275 g/mol. The summed E-state index contributed by atoms with van der Waals surface area (Å²) in [6, 6.07) is 9.16. The van der Waals surface area contributed by atoms with Gasteiger partial charge in [-0.15, -0.1) is 11.3 Å². The van der Waals surface area contributed by atoms with E-state index in [1.807, 2.05) is 0 Å². The number of nitrogen functional groups attached to an aromatic ring is 1. The van der Waals surface area contributed by atoms with Gasteiger partial charge in [0.1, 0.15) is 0 Å². The molecule has 0 bridgehead atoms. The molecule has 2 aromatic rings. The number of anilines is 1. The molecule has 0 saturated carbocycles. The van der Waals surface area contributed by atoms with Gasteiger partial charge in [-0.05, 0) is 47.7 Å². The molecule has 0 saturated heterocycles. The van der Waals surface area contributed by atoms with Crippen LogP contribution in [0.3, 0.4) is 0 Å². The number of nitrogens with two attached hydrogens (primary N) is 1. The normalized spacial score (nSPS) is 10.2. The molecule has 4 nitrogen and oxygen atoms in total. The second-order valence-corrected chi connectivity index (χ2v) is 5.13. The van der Waals surface area contributed by atoms with Crippen LogP contribution in [0, 0.1) is 0 Å². The molecule has 0 unspecified atom stereocenters. The van der Waals surface area contributed by atoms with Crippen molar-refractivity contribution in [3.05, 3.63) is 51.7 Å². The lowest BCUT2D eigenvalue weighted by molar-refractivity contribution is 0.0951. The van der Waals surface area contributed by atoms with E-state index >= 15 is 0 Å². The van der Waals surface area contributed by atoms with Crippen LogP contribution in [-0.4, -0.2) is 5.91 Å². The number of benzene rings is 1. The fourth-order valence-corrected chi connectivity index (χ4v) is 2.73. The number of amides is 1. The van der Waals surface area contributed by atoms with E-state index in [-0.39, 0.29) is 5.91 Å². The summed E-state index contributed by atoms with van der Waals surface area (Å²) in [6.07, 6.45) is 0.992. The zero-order valence-electron chi connectivity index (χ0n) is 10.8. The van der Waals surface area contributed by atoms with Crippen LogP contribution < -0.4 is 16.6 Å². The molecule has 4 N–H and O–H groups in total. The van der Waals surface area contributed by atoms with E-state index in [0.29, 0.717) is 12.1 Å². The van der Waals surface area contributed by atoms with Crippen molar-refractivity contribution >= 4 is 22.9 Å². The van der Waals surface area contributed by atoms with E-state index in [9.17, 15) is 4.79 Å². The molecule has 1 aromatic heterocycles. The quantitative estimate of drug-likeness (QED) is 0.580. The maximum atomic E-state index is 12.0. The number of carbonyl (C=O) groups excluding carboxylic acids is 1. The Morgan fingerprint density at radius 1 is 1.26 bits per heavy atom. The van der Waals surface area contributed by atoms with Crippen LogP contribution in [0.4, 0.5) is 5.69 Å². The predicted molar refractivity (Wildman–Crippen MR) is 79.1 cm³/mol. The molecule has 0 fully saturated rings. The topological polar surface area (TPSA) is 67.2 Å². The third-order valence-corrected chi connectivity index (χ3v) is 3.91. The van der Waals surface area contributed by atoms with Crippen molar-refractivity contribution in [2.24, 2.45) is 5.84 Å².